The Kier molecular flexibility index (Phi) is 3.73. The first-order chi connectivity index (χ1) is 8.90. The molecule has 0 fully saturated rings. The summed E-state index contributed by atoms with van der Waals surface area (Å²) in [6, 6.07) is 0.652. The number of nitrogens with one attached hydrogen (secondary N) is 1. The van der Waals surface area contributed by atoms with Gasteiger partial charge in [-0.2, -0.15) is 4.98 Å². The number of hydrogen-bond donors (Lipinski definition) is 1. The van der Waals surface area contributed by atoms with E-state index in [1.54, 1.807) is 0 Å². The van der Waals surface area contributed by atoms with Crippen molar-refractivity contribution in [2.24, 2.45) is 0 Å². The van der Waals surface area contributed by atoms with Gasteiger partial charge in [-0.25, -0.2) is 9.97 Å². The van der Waals surface area contributed by atoms with Crippen LogP contribution in [0, 0.1) is 0 Å². The fourth-order valence-corrected chi connectivity index (χ4v) is 2.04. The SMILES string of the molecule is CC(C)Nc1nc(C(C)C)c2ncn(C(C)C)c2n1. The van der Waals surface area contributed by atoms with Gasteiger partial charge in [0.05, 0.1) is 12.0 Å². The molecule has 104 valence electrons. The van der Waals surface area contributed by atoms with Crippen molar-refractivity contribution in [3.05, 3.63) is 12.0 Å². The van der Waals surface area contributed by atoms with E-state index in [1.165, 1.54) is 0 Å². The number of aromatic nitrogens is 4. The van der Waals surface area contributed by atoms with Crippen LogP contribution in [0.3, 0.4) is 0 Å². The van der Waals surface area contributed by atoms with Gasteiger partial charge in [-0.15, -0.1) is 0 Å². The molecule has 0 saturated heterocycles. The largest absolute Gasteiger partial charge is 0.352 e. The summed E-state index contributed by atoms with van der Waals surface area (Å²) in [7, 11) is 0. The molecular weight excluding hydrogens is 238 g/mol. The molecule has 2 aromatic heterocycles. The van der Waals surface area contributed by atoms with Crippen molar-refractivity contribution in [3.63, 3.8) is 0 Å². The maximum Gasteiger partial charge on any atom is 0.225 e. The van der Waals surface area contributed by atoms with Crippen molar-refractivity contribution in [2.75, 3.05) is 5.32 Å². The lowest BCUT2D eigenvalue weighted by atomic mass is 10.1. The second-order valence-corrected chi connectivity index (χ2v) is 5.80. The summed E-state index contributed by atoms with van der Waals surface area (Å²) in [5, 5.41) is 3.28. The van der Waals surface area contributed by atoms with Crippen molar-refractivity contribution in [1.29, 1.82) is 0 Å². The first-order valence-electron chi connectivity index (χ1n) is 6.91. The number of nitrogens with zero attached hydrogens (tertiary/aromatic N) is 4. The van der Waals surface area contributed by atoms with Gasteiger partial charge >= 0.3 is 0 Å². The van der Waals surface area contributed by atoms with E-state index in [-0.39, 0.29) is 0 Å². The average molecular weight is 261 g/mol. The summed E-state index contributed by atoms with van der Waals surface area (Å²) in [5.41, 5.74) is 2.84. The quantitative estimate of drug-likeness (QED) is 0.917. The minimum atomic E-state index is 0.313. The minimum Gasteiger partial charge on any atom is -0.352 e. The zero-order chi connectivity index (χ0) is 14.2. The van der Waals surface area contributed by atoms with E-state index in [4.69, 9.17) is 0 Å². The molecule has 0 atom stereocenters. The third-order valence-electron chi connectivity index (χ3n) is 2.97. The molecule has 2 heterocycles. The van der Waals surface area contributed by atoms with Gasteiger partial charge in [0.1, 0.15) is 5.52 Å². The Morgan fingerprint density at radius 3 is 2.26 bits per heavy atom. The minimum absolute atomic E-state index is 0.313. The lowest BCUT2D eigenvalue weighted by Gasteiger charge is -2.13. The topological polar surface area (TPSA) is 55.6 Å². The lowest BCUT2D eigenvalue weighted by Crippen LogP contribution is -2.14. The number of anilines is 1. The molecule has 0 spiro atoms. The Bertz CT molecular complexity index is 568. The van der Waals surface area contributed by atoms with Gasteiger partial charge in [-0.1, -0.05) is 13.8 Å². The van der Waals surface area contributed by atoms with Crippen LogP contribution >= 0.6 is 0 Å². The molecule has 5 heteroatoms. The normalized spacial score (nSPS) is 12.1. The van der Waals surface area contributed by atoms with Crippen LogP contribution in [0.15, 0.2) is 6.33 Å². The van der Waals surface area contributed by atoms with Crippen LogP contribution in [-0.4, -0.2) is 25.6 Å². The second-order valence-electron chi connectivity index (χ2n) is 5.80. The van der Waals surface area contributed by atoms with Crippen LogP contribution in [-0.2, 0) is 0 Å². The zero-order valence-electron chi connectivity index (χ0n) is 12.6. The standard InChI is InChI=1S/C14H23N5/c1-8(2)11-12-13(19(7-15-12)10(5)6)18-14(17-11)16-9(3)4/h7-10H,1-6H3,(H,16,17,18). The van der Waals surface area contributed by atoms with Crippen molar-refractivity contribution in [2.45, 2.75) is 59.5 Å². The molecule has 5 nitrogen and oxygen atoms in total. The fourth-order valence-electron chi connectivity index (χ4n) is 2.04. The molecule has 0 aliphatic carbocycles. The van der Waals surface area contributed by atoms with Gasteiger partial charge in [-0.3, -0.25) is 0 Å². The molecule has 2 aromatic rings. The van der Waals surface area contributed by atoms with Crippen LogP contribution in [0.2, 0.25) is 0 Å². The first-order valence-corrected chi connectivity index (χ1v) is 6.91. The van der Waals surface area contributed by atoms with E-state index < -0.39 is 0 Å². The summed E-state index contributed by atoms with van der Waals surface area (Å²) in [4.78, 5) is 13.7. The van der Waals surface area contributed by atoms with Crippen LogP contribution in [0.4, 0.5) is 5.95 Å². The molecule has 0 aliphatic heterocycles. The van der Waals surface area contributed by atoms with E-state index in [0.29, 0.717) is 23.9 Å². The second kappa shape index (κ2) is 5.15. The molecule has 0 amide bonds. The van der Waals surface area contributed by atoms with Gasteiger partial charge in [-0.05, 0) is 33.6 Å². The van der Waals surface area contributed by atoms with E-state index in [1.807, 2.05) is 6.33 Å². The zero-order valence-corrected chi connectivity index (χ0v) is 12.6. The Hall–Kier alpha value is -1.65. The third-order valence-corrected chi connectivity index (χ3v) is 2.97. The number of rotatable bonds is 4. The summed E-state index contributed by atoms with van der Waals surface area (Å²) in [5.74, 6) is 1.02. The molecule has 19 heavy (non-hydrogen) atoms. The Labute approximate surface area is 114 Å². The Morgan fingerprint density at radius 1 is 1.05 bits per heavy atom. The highest BCUT2D eigenvalue weighted by Crippen LogP contribution is 2.24. The van der Waals surface area contributed by atoms with Crippen molar-refractivity contribution in [1.82, 2.24) is 19.5 Å². The highest BCUT2D eigenvalue weighted by Gasteiger charge is 2.16. The Balaban J connectivity index is 2.64. The summed E-state index contributed by atoms with van der Waals surface area (Å²) < 4.78 is 2.09. The summed E-state index contributed by atoms with van der Waals surface area (Å²) in [6.07, 6.45) is 1.86. The van der Waals surface area contributed by atoms with Crippen LogP contribution in [0.5, 0.6) is 0 Å². The van der Waals surface area contributed by atoms with Gasteiger partial charge < -0.3 is 9.88 Å². The van der Waals surface area contributed by atoms with E-state index in [2.05, 4.69) is 66.4 Å². The molecule has 0 radical (unpaired) electrons. The number of fused-ring (bicyclic) bond motifs is 1. The van der Waals surface area contributed by atoms with Gasteiger partial charge in [0.25, 0.3) is 0 Å². The van der Waals surface area contributed by atoms with Crippen molar-refractivity contribution in [3.8, 4) is 0 Å². The summed E-state index contributed by atoms with van der Waals surface area (Å²) >= 11 is 0. The first kappa shape index (κ1) is 13.8. The van der Waals surface area contributed by atoms with Crippen LogP contribution < -0.4 is 5.32 Å². The molecule has 1 N–H and O–H groups in total. The highest BCUT2D eigenvalue weighted by molar-refractivity contribution is 5.75. The van der Waals surface area contributed by atoms with E-state index in [0.717, 1.165) is 16.9 Å². The van der Waals surface area contributed by atoms with Gasteiger partial charge in [0.2, 0.25) is 5.95 Å². The molecule has 0 aromatic carbocycles. The van der Waals surface area contributed by atoms with E-state index >= 15 is 0 Å². The molecule has 0 bridgehead atoms. The molecular formula is C14H23N5. The van der Waals surface area contributed by atoms with Gasteiger partial charge in [0.15, 0.2) is 5.65 Å². The predicted molar refractivity (Wildman–Crippen MR) is 78.6 cm³/mol. The number of imidazole rings is 1. The molecule has 0 saturated carbocycles. The van der Waals surface area contributed by atoms with E-state index in [9.17, 15) is 0 Å². The fraction of sp³-hybridized carbons (Fsp3) is 0.643. The molecule has 2 rings (SSSR count). The molecule has 0 unspecified atom stereocenters. The van der Waals surface area contributed by atoms with Crippen LogP contribution in [0.1, 0.15) is 59.2 Å². The summed E-state index contributed by atoms with van der Waals surface area (Å²) in [6.45, 7) is 12.7. The highest BCUT2D eigenvalue weighted by atomic mass is 15.2. The maximum absolute atomic E-state index is 4.62. The predicted octanol–water partition coefficient (Wildman–Crippen LogP) is 3.35. The number of hydrogen-bond acceptors (Lipinski definition) is 4. The molecule has 0 aliphatic rings. The van der Waals surface area contributed by atoms with Crippen LogP contribution in [0.25, 0.3) is 11.2 Å². The smallest absolute Gasteiger partial charge is 0.225 e. The maximum atomic E-state index is 4.62. The lowest BCUT2D eigenvalue weighted by molar-refractivity contribution is 0.612. The van der Waals surface area contributed by atoms with Crippen molar-refractivity contribution < 1.29 is 0 Å². The Morgan fingerprint density at radius 2 is 1.74 bits per heavy atom. The monoisotopic (exact) mass is 261 g/mol. The third kappa shape index (κ3) is 2.69. The van der Waals surface area contributed by atoms with Gasteiger partial charge in [0, 0.05) is 12.1 Å². The van der Waals surface area contributed by atoms with Crippen molar-refractivity contribution >= 4 is 17.1 Å². The average Bonchev–Trinajstić information content (AvgIpc) is 2.70.